The van der Waals surface area contributed by atoms with Crippen LogP contribution in [0.25, 0.3) is 0 Å². The summed E-state index contributed by atoms with van der Waals surface area (Å²) in [6, 6.07) is 0. The standard InChI is InChI=1S/C8H13N3O2/c1-2-11-7(3-9-10-11)6-4-13-5-8(6)12/h3,6,8,12H,2,4-5H2,1H3/t6-,8+/m0/s1. The highest BCUT2D eigenvalue weighted by Gasteiger charge is 2.30. The first kappa shape index (κ1) is 8.65. The molecule has 0 aliphatic carbocycles. The predicted octanol–water partition coefficient (Wildman–Crippen LogP) is -0.227. The Hall–Kier alpha value is -0.940. The van der Waals surface area contributed by atoms with Crippen LogP contribution in [0.1, 0.15) is 18.5 Å². The number of aliphatic hydroxyl groups excluding tert-OH is 1. The maximum atomic E-state index is 9.59. The second-order valence-electron chi connectivity index (χ2n) is 3.19. The number of hydrogen-bond donors (Lipinski definition) is 1. The van der Waals surface area contributed by atoms with Crippen LogP contribution < -0.4 is 0 Å². The minimum Gasteiger partial charge on any atom is -0.390 e. The molecule has 2 heterocycles. The van der Waals surface area contributed by atoms with E-state index in [4.69, 9.17) is 4.74 Å². The van der Waals surface area contributed by atoms with Crippen molar-refractivity contribution in [3.8, 4) is 0 Å². The zero-order valence-corrected chi connectivity index (χ0v) is 7.55. The third-order valence-electron chi connectivity index (χ3n) is 2.38. The largest absolute Gasteiger partial charge is 0.390 e. The Morgan fingerprint density at radius 2 is 2.54 bits per heavy atom. The van der Waals surface area contributed by atoms with Gasteiger partial charge in [-0.3, -0.25) is 0 Å². The molecule has 0 spiro atoms. The maximum absolute atomic E-state index is 9.59. The van der Waals surface area contributed by atoms with E-state index in [-0.39, 0.29) is 5.92 Å². The number of hydrogen-bond acceptors (Lipinski definition) is 4. The predicted molar refractivity (Wildman–Crippen MR) is 45.3 cm³/mol. The van der Waals surface area contributed by atoms with Crippen LogP contribution in [0.2, 0.25) is 0 Å². The highest BCUT2D eigenvalue weighted by Crippen LogP contribution is 2.24. The van der Waals surface area contributed by atoms with Crippen molar-refractivity contribution in [1.29, 1.82) is 0 Å². The average Bonchev–Trinajstić information content (AvgIpc) is 2.71. The molecule has 5 heteroatoms. The van der Waals surface area contributed by atoms with Gasteiger partial charge in [-0.15, -0.1) is 5.10 Å². The fourth-order valence-corrected chi connectivity index (χ4v) is 1.62. The van der Waals surface area contributed by atoms with Crippen LogP contribution in [0.15, 0.2) is 6.20 Å². The number of aliphatic hydroxyl groups is 1. The van der Waals surface area contributed by atoms with E-state index < -0.39 is 6.10 Å². The van der Waals surface area contributed by atoms with Crippen molar-refractivity contribution < 1.29 is 9.84 Å². The van der Waals surface area contributed by atoms with Crippen LogP contribution >= 0.6 is 0 Å². The van der Waals surface area contributed by atoms with Crippen molar-refractivity contribution in [3.63, 3.8) is 0 Å². The smallest absolute Gasteiger partial charge is 0.0879 e. The number of aromatic nitrogens is 3. The Morgan fingerprint density at radius 3 is 3.15 bits per heavy atom. The molecular formula is C8H13N3O2. The van der Waals surface area contributed by atoms with Crippen molar-refractivity contribution in [3.05, 3.63) is 11.9 Å². The summed E-state index contributed by atoms with van der Waals surface area (Å²) < 4.78 is 6.97. The maximum Gasteiger partial charge on any atom is 0.0879 e. The summed E-state index contributed by atoms with van der Waals surface area (Å²) in [5.41, 5.74) is 0.965. The highest BCUT2D eigenvalue weighted by atomic mass is 16.5. The molecule has 5 nitrogen and oxygen atoms in total. The summed E-state index contributed by atoms with van der Waals surface area (Å²) in [6.07, 6.45) is 1.29. The fourth-order valence-electron chi connectivity index (χ4n) is 1.62. The van der Waals surface area contributed by atoms with Gasteiger partial charge in [-0.2, -0.15) is 0 Å². The van der Waals surface area contributed by atoms with Crippen molar-refractivity contribution in [2.75, 3.05) is 13.2 Å². The molecule has 1 saturated heterocycles. The average molecular weight is 183 g/mol. The topological polar surface area (TPSA) is 60.2 Å². The minimum atomic E-state index is -0.413. The van der Waals surface area contributed by atoms with Crippen LogP contribution in [0.4, 0.5) is 0 Å². The van der Waals surface area contributed by atoms with Gasteiger partial charge in [0.2, 0.25) is 0 Å². The van der Waals surface area contributed by atoms with Crippen molar-refractivity contribution >= 4 is 0 Å². The van der Waals surface area contributed by atoms with Gasteiger partial charge in [-0.05, 0) is 6.92 Å². The molecule has 1 N–H and O–H groups in total. The Labute approximate surface area is 76.3 Å². The molecular weight excluding hydrogens is 170 g/mol. The first-order valence-corrected chi connectivity index (χ1v) is 4.47. The fraction of sp³-hybridized carbons (Fsp3) is 0.750. The SMILES string of the molecule is CCn1nncc1[C@@H]1COC[C@H]1O. The molecule has 13 heavy (non-hydrogen) atoms. The normalized spacial score (nSPS) is 28.2. The quantitative estimate of drug-likeness (QED) is 0.688. The summed E-state index contributed by atoms with van der Waals surface area (Å²) in [6.45, 7) is 3.76. The molecule has 2 atom stereocenters. The lowest BCUT2D eigenvalue weighted by Gasteiger charge is -2.12. The van der Waals surface area contributed by atoms with Gasteiger partial charge in [-0.25, -0.2) is 4.68 Å². The van der Waals surface area contributed by atoms with E-state index in [2.05, 4.69) is 10.3 Å². The summed E-state index contributed by atoms with van der Waals surface area (Å²) in [7, 11) is 0. The van der Waals surface area contributed by atoms with Gasteiger partial charge in [0.1, 0.15) is 0 Å². The number of rotatable bonds is 2. The van der Waals surface area contributed by atoms with E-state index in [1.807, 2.05) is 6.92 Å². The lowest BCUT2D eigenvalue weighted by Crippen LogP contribution is -2.19. The van der Waals surface area contributed by atoms with E-state index in [9.17, 15) is 5.11 Å². The third kappa shape index (κ3) is 1.45. The summed E-state index contributed by atoms with van der Waals surface area (Å²) in [4.78, 5) is 0. The summed E-state index contributed by atoms with van der Waals surface area (Å²) in [5.74, 6) is 0.0370. The number of ether oxygens (including phenoxy) is 1. The lowest BCUT2D eigenvalue weighted by molar-refractivity contribution is 0.124. The molecule has 72 valence electrons. The second-order valence-corrected chi connectivity index (χ2v) is 3.19. The third-order valence-corrected chi connectivity index (χ3v) is 2.38. The highest BCUT2D eigenvalue weighted by molar-refractivity contribution is 5.08. The molecule has 0 amide bonds. The molecule has 0 unspecified atom stereocenters. The van der Waals surface area contributed by atoms with Gasteiger partial charge in [0.15, 0.2) is 0 Å². The van der Waals surface area contributed by atoms with E-state index >= 15 is 0 Å². The molecule has 0 aromatic carbocycles. The van der Waals surface area contributed by atoms with Gasteiger partial charge >= 0.3 is 0 Å². The van der Waals surface area contributed by atoms with Crippen molar-refractivity contribution in [1.82, 2.24) is 15.0 Å². The van der Waals surface area contributed by atoms with E-state index in [1.54, 1.807) is 10.9 Å². The van der Waals surface area contributed by atoms with Crippen LogP contribution in [0.3, 0.4) is 0 Å². The van der Waals surface area contributed by atoms with E-state index in [0.29, 0.717) is 13.2 Å². The zero-order chi connectivity index (χ0) is 9.26. The molecule has 1 aromatic heterocycles. The van der Waals surface area contributed by atoms with Gasteiger partial charge in [0.25, 0.3) is 0 Å². The number of aryl methyl sites for hydroxylation is 1. The Kier molecular flexibility index (Phi) is 2.28. The second kappa shape index (κ2) is 3.43. The molecule has 1 aromatic rings. The molecule has 1 fully saturated rings. The Balaban J connectivity index is 2.23. The van der Waals surface area contributed by atoms with Crippen LogP contribution in [0, 0.1) is 0 Å². The minimum absolute atomic E-state index is 0.0370. The molecule has 0 saturated carbocycles. The lowest BCUT2D eigenvalue weighted by atomic mass is 10.0. The molecule has 1 aliphatic rings. The first-order chi connectivity index (χ1) is 6.33. The van der Waals surface area contributed by atoms with Crippen LogP contribution in [-0.4, -0.2) is 39.4 Å². The Bertz CT molecular complexity index is 287. The van der Waals surface area contributed by atoms with Crippen LogP contribution in [0.5, 0.6) is 0 Å². The van der Waals surface area contributed by atoms with Gasteiger partial charge < -0.3 is 9.84 Å². The molecule has 0 radical (unpaired) electrons. The monoisotopic (exact) mass is 183 g/mol. The summed E-state index contributed by atoms with van der Waals surface area (Å²) >= 11 is 0. The molecule has 0 bridgehead atoms. The molecule has 1 aliphatic heterocycles. The summed E-state index contributed by atoms with van der Waals surface area (Å²) in [5, 5.41) is 17.3. The van der Waals surface area contributed by atoms with Gasteiger partial charge in [0.05, 0.1) is 37.1 Å². The van der Waals surface area contributed by atoms with E-state index in [0.717, 1.165) is 12.2 Å². The van der Waals surface area contributed by atoms with Gasteiger partial charge in [0, 0.05) is 6.54 Å². The zero-order valence-electron chi connectivity index (χ0n) is 7.55. The van der Waals surface area contributed by atoms with Crippen LogP contribution in [-0.2, 0) is 11.3 Å². The van der Waals surface area contributed by atoms with Crippen molar-refractivity contribution in [2.24, 2.45) is 0 Å². The number of nitrogens with zero attached hydrogens (tertiary/aromatic N) is 3. The van der Waals surface area contributed by atoms with Gasteiger partial charge in [-0.1, -0.05) is 5.21 Å². The molecule has 2 rings (SSSR count). The first-order valence-electron chi connectivity index (χ1n) is 4.47. The van der Waals surface area contributed by atoms with E-state index in [1.165, 1.54) is 0 Å². The Morgan fingerprint density at radius 1 is 1.69 bits per heavy atom. The van der Waals surface area contributed by atoms with Crippen molar-refractivity contribution in [2.45, 2.75) is 25.5 Å².